The van der Waals surface area contributed by atoms with Gasteiger partial charge < -0.3 is 11.5 Å². The summed E-state index contributed by atoms with van der Waals surface area (Å²) in [5, 5.41) is 0. The lowest BCUT2D eigenvalue weighted by molar-refractivity contribution is 0.272. The van der Waals surface area contributed by atoms with Gasteiger partial charge in [-0.3, -0.25) is 4.98 Å². The monoisotopic (exact) mass is 480 g/mol. The Morgan fingerprint density at radius 2 is 1.88 bits per heavy atom. The fraction of sp³-hybridized carbons (Fsp3) is 0.400. The molecule has 3 aromatic rings. The maximum absolute atomic E-state index is 13.1. The second-order valence-electron chi connectivity index (χ2n) is 9.14. The third-order valence-electron chi connectivity index (χ3n) is 6.55. The number of nitrogens with two attached hydrogens (primary N) is 2. The standard InChI is InChI=1S/C25H32N6O2S/c1-16-6-7-21(34(32,33)30-14-19-5-3-4-18(11-19)13-26)12-22(16)23-15-29-25(27)24(31-23)20-8-9-28-17(2)10-20/h6-10,12,15,18-19,30H,3-5,11,13-14,26H2,1-2H3,(H2,27,29)/t18-,19+/m1/s1. The first-order chi connectivity index (χ1) is 16.3. The molecule has 0 amide bonds. The lowest BCUT2D eigenvalue weighted by atomic mass is 9.81. The van der Waals surface area contributed by atoms with Gasteiger partial charge in [0.2, 0.25) is 10.0 Å². The molecule has 4 rings (SSSR count). The number of rotatable bonds is 7. The van der Waals surface area contributed by atoms with Crippen LogP contribution in [0.2, 0.25) is 0 Å². The van der Waals surface area contributed by atoms with Gasteiger partial charge in [0.1, 0.15) is 11.5 Å². The highest BCUT2D eigenvalue weighted by Gasteiger charge is 2.24. The van der Waals surface area contributed by atoms with Crippen molar-refractivity contribution in [2.75, 3.05) is 18.8 Å². The molecule has 1 aromatic carbocycles. The van der Waals surface area contributed by atoms with Crippen LogP contribution in [-0.4, -0.2) is 36.5 Å². The van der Waals surface area contributed by atoms with Gasteiger partial charge in [-0.15, -0.1) is 0 Å². The number of aryl methyl sites for hydroxylation is 2. The summed E-state index contributed by atoms with van der Waals surface area (Å²) >= 11 is 0. The number of sulfonamides is 1. The largest absolute Gasteiger partial charge is 0.382 e. The summed E-state index contributed by atoms with van der Waals surface area (Å²) < 4.78 is 29.0. The summed E-state index contributed by atoms with van der Waals surface area (Å²) in [5.41, 5.74) is 16.3. The Kier molecular flexibility index (Phi) is 7.25. The van der Waals surface area contributed by atoms with Gasteiger partial charge in [-0.05, 0) is 81.3 Å². The van der Waals surface area contributed by atoms with Gasteiger partial charge in [-0.1, -0.05) is 12.5 Å². The number of benzene rings is 1. The number of aromatic nitrogens is 3. The lowest BCUT2D eigenvalue weighted by Gasteiger charge is -2.28. The van der Waals surface area contributed by atoms with Crippen LogP contribution in [0.1, 0.15) is 36.9 Å². The highest BCUT2D eigenvalue weighted by Crippen LogP contribution is 2.30. The number of nitrogens with zero attached hydrogens (tertiary/aromatic N) is 3. The minimum absolute atomic E-state index is 0.208. The number of hydrogen-bond donors (Lipinski definition) is 3. The second-order valence-corrected chi connectivity index (χ2v) is 10.9. The van der Waals surface area contributed by atoms with E-state index in [1.165, 1.54) is 0 Å². The maximum atomic E-state index is 13.1. The smallest absolute Gasteiger partial charge is 0.240 e. The van der Waals surface area contributed by atoms with Crippen molar-refractivity contribution in [3.63, 3.8) is 0 Å². The summed E-state index contributed by atoms with van der Waals surface area (Å²) in [7, 11) is -3.67. The molecule has 2 atom stereocenters. The molecule has 1 aliphatic rings. The van der Waals surface area contributed by atoms with Crippen molar-refractivity contribution in [1.29, 1.82) is 0 Å². The number of nitrogens with one attached hydrogen (secondary N) is 1. The third kappa shape index (κ3) is 5.43. The molecule has 34 heavy (non-hydrogen) atoms. The third-order valence-corrected chi connectivity index (χ3v) is 7.97. The summed E-state index contributed by atoms with van der Waals surface area (Å²) in [6.07, 6.45) is 7.49. The molecular weight excluding hydrogens is 448 g/mol. The van der Waals surface area contributed by atoms with E-state index in [1.807, 2.05) is 26.0 Å². The van der Waals surface area contributed by atoms with Gasteiger partial charge in [0.05, 0.1) is 16.8 Å². The average Bonchev–Trinajstić information content (AvgIpc) is 2.83. The Balaban J connectivity index is 1.60. The molecule has 1 aliphatic carbocycles. The van der Waals surface area contributed by atoms with Gasteiger partial charge in [-0.25, -0.2) is 23.1 Å². The van der Waals surface area contributed by atoms with E-state index in [1.54, 1.807) is 30.6 Å². The minimum atomic E-state index is -3.67. The zero-order valence-electron chi connectivity index (χ0n) is 19.7. The van der Waals surface area contributed by atoms with Crippen molar-refractivity contribution in [2.24, 2.45) is 17.6 Å². The molecular formula is C25H32N6O2S. The maximum Gasteiger partial charge on any atom is 0.240 e. The Hall–Kier alpha value is -2.88. The molecule has 0 radical (unpaired) electrons. The SMILES string of the molecule is Cc1cc(-c2nc(-c3cc(S(=O)(=O)NC[C@H]4CCC[C@@H](CN)C4)ccc3C)cnc2N)ccn1. The molecule has 0 saturated heterocycles. The molecule has 8 nitrogen and oxygen atoms in total. The van der Waals surface area contributed by atoms with Crippen LogP contribution < -0.4 is 16.2 Å². The van der Waals surface area contributed by atoms with Crippen molar-refractivity contribution < 1.29 is 8.42 Å². The van der Waals surface area contributed by atoms with Crippen LogP contribution in [0.15, 0.2) is 47.6 Å². The van der Waals surface area contributed by atoms with Crippen LogP contribution in [0, 0.1) is 25.7 Å². The van der Waals surface area contributed by atoms with E-state index in [-0.39, 0.29) is 4.90 Å². The Morgan fingerprint density at radius 3 is 2.65 bits per heavy atom. The number of nitrogen functional groups attached to an aromatic ring is 1. The van der Waals surface area contributed by atoms with Crippen molar-refractivity contribution >= 4 is 15.8 Å². The van der Waals surface area contributed by atoms with Gasteiger partial charge in [0.15, 0.2) is 0 Å². The van der Waals surface area contributed by atoms with Gasteiger partial charge in [-0.2, -0.15) is 0 Å². The molecule has 5 N–H and O–H groups in total. The van der Waals surface area contributed by atoms with Crippen LogP contribution in [0.25, 0.3) is 22.5 Å². The summed E-state index contributed by atoms with van der Waals surface area (Å²) in [5.74, 6) is 1.11. The topological polar surface area (TPSA) is 137 Å². The molecule has 9 heteroatoms. The van der Waals surface area contributed by atoms with Gasteiger partial charge in [0.25, 0.3) is 0 Å². The predicted octanol–water partition coefficient (Wildman–Crippen LogP) is 3.45. The van der Waals surface area contributed by atoms with Crippen LogP contribution in [-0.2, 0) is 10.0 Å². The Bertz CT molecular complexity index is 1280. The van der Waals surface area contributed by atoms with E-state index in [2.05, 4.69) is 14.7 Å². The normalized spacial score (nSPS) is 18.7. The number of pyridine rings is 1. The minimum Gasteiger partial charge on any atom is -0.382 e. The molecule has 1 fully saturated rings. The lowest BCUT2D eigenvalue weighted by Crippen LogP contribution is -2.33. The van der Waals surface area contributed by atoms with E-state index in [0.29, 0.717) is 47.7 Å². The van der Waals surface area contributed by atoms with E-state index in [4.69, 9.17) is 16.5 Å². The van der Waals surface area contributed by atoms with E-state index < -0.39 is 10.0 Å². The summed E-state index contributed by atoms with van der Waals surface area (Å²) in [6, 6.07) is 8.80. The Morgan fingerprint density at radius 1 is 1.09 bits per heavy atom. The van der Waals surface area contributed by atoms with Gasteiger partial charge >= 0.3 is 0 Å². The predicted molar refractivity (Wildman–Crippen MR) is 134 cm³/mol. The van der Waals surface area contributed by atoms with E-state index in [9.17, 15) is 8.42 Å². The van der Waals surface area contributed by atoms with Gasteiger partial charge in [0, 0.05) is 29.6 Å². The Labute approximate surface area is 201 Å². The quantitative estimate of drug-likeness (QED) is 0.471. The summed E-state index contributed by atoms with van der Waals surface area (Å²) in [6.45, 7) is 4.90. The van der Waals surface area contributed by atoms with E-state index >= 15 is 0 Å². The highest BCUT2D eigenvalue weighted by molar-refractivity contribution is 7.89. The first kappa shape index (κ1) is 24.3. The van der Waals surface area contributed by atoms with E-state index in [0.717, 1.165) is 42.5 Å². The average molecular weight is 481 g/mol. The fourth-order valence-corrected chi connectivity index (χ4v) is 5.73. The molecule has 180 valence electrons. The zero-order valence-corrected chi connectivity index (χ0v) is 20.5. The first-order valence-electron chi connectivity index (χ1n) is 11.6. The van der Waals surface area contributed by atoms with Crippen molar-refractivity contribution in [1.82, 2.24) is 19.7 Å². The molecule has 0 aliphatic heterocycles. The second kappa shape index (κ2) is 10.2. The zero-order chi connectivity index (χ0) is 24.3. The molecule has 0 spiro atoms. The number of hydrogen-bond acceptors (Lipinski definition) is 7. The molecule has 0 bridgehead atoms. The van der Waals surface area contributed by atoms with Crippen molar-refractivity contribution in [3.05, 3.63) is 54.0 Å². The number of anilines is 1. The van der Waals surface area contributed by atoms with Crippen molar-refractivity contribution in [3.8, 4) is 22.5 Å². The highest BCUT2D eigenvalue weighted by atomic mass is 32.2. The van der Waals surface area contributed by atoms with Crippen LogP contribution in [0.3, 0.4) is 0 Å². The molecule has 1 saturated carbocycles. The van der Waals surface area contributed by atoms with Crippen LogP contribution >= 0.6 is 0 Å². The first-order valence-corrected chi connectivity index (χ1v) is 13.1. The fourth-order valence-electron chi connectivity index (χ4n) is 4.59. The van der Waals surface area contributed by atoms with Crippen LogP contribution in [0.5, 0.6) is 0 Å². The van der Waals surface area contributed by atoms with Crippen LogP contribution in [0.4, 0.5) is 5.82 Å². The molecule has 0 unspecified atom stereocenters. The molecule has 2 aromatic heterocycles. The molecule has 2 heterocycles. The summed E-state index contributed by atoms with van der Waals surface area (Å²) in [4.78, 5) is 13.5. The van der Waals surface area contributed by atoms with Crippen molar-refractivity contribution in [2.45, 2.75) is 44.4 Å².